The van der Waals surface area contributed by atoms with E-state index in [2.05, 4.69) is 62.8 Å². The number of hydrogen-bond acceptors (Lipinski definition) is 27. The van der Waals surface area contributed by atoms with Crippen LogP contribution in [0.1, 0.15) is 89.9 Å². The molecule has 12 rings (SSSR count). The predicted octanol–water partition coefficient (Wildman–Crippen LogP) is 13.5. The number of aliphatic imine (C=N–C) groups is 3. The van der Waals surface area contributed by atoms with Gasteiger partial charge in [-0.3, -0.25) is 44.1 Å². The molecule has 6 aromatic rings. The van der Waals surface area contributed by atoms with Crippen molar-refractivity contribution in [2.75, 3.05) is 113 Å². The van der Waals surface area contributed by atoms with Crippen LogP contribution in [-0.4, -0.2) is 230 Å². The van der Waals surface area contributed by atoms with Gasteiger partial charge in [0.25, 0.3) is 5.92 Å². The fourth-order valence-corrected chi connectivity index (χ4v) is 19.4. The van der Waals surface area contributed by atoms with Gasteiger partial charge in [0.15, 0.2) is 32.5 Å². The predicted molar refractivity (Wildman–Crippen MR) is 437 cm³/mol. The van der Waals surface area contributed by atoms with E-state index in [0.29, 0.717) is 119 Å². The van der Waals surface area contributed by atoms with Gasteiger partial charge in [-0.05, 0) is 119 Å². The summed E-state index contributed by atoms with van der Waals surface area (Å²) < 4.78 is 119. The third kappa shape index (κ3) is 24.7. The summed E-state index contributed by atoms with van der Waals surface area (Å²) in [5.74, 6) is -8.75. The molecular weight excluding hydrogens is 1780 g/mol. The zero-order valence-electron chi connectivity index (χ0n) is 61.9. The Morgan fingerprint density at radius 3 is 1.21 bits per heavy atom. The molecular formula is C75H80Br2ClF7N12O12S6. The van der Waals surface area contributed by atoms with Gasteiger partial charge < -0.3 is 45.5 Å². The van der Waals surface area contributed by atoms with Crippen LogP contribution in [0.2, 0.25) is 5.02 Å². The molecule has 8 atom stereocenters. The van der Waals surface area contributed by atoms with E-state index in [1.165, 1.54) is 106 Å². The lowest BCUT2D eigenvalue weighted by Crippen LogP contribution is -2.51. The Labute approximate surface area is 704 Å². The number of ether oxygens (including phenoxy) is 3. The molecule has 0 bridgehead atoms. The summed E-state index contributed by atoms with van der Waals surface area (Å²) in [6.07, 6.45) is 3.90. The van der Waals surface area contributed by atoms with Crippen molar-refractivity contribution in [3.8, 4) is 0 Å². The number of benzene rings is 3. The minimum Gasteiger partial charge on any atom is -0.481 e. The van der Waals surface area contributed by atoms with Crippen molar-refractivity contribution in [3.05, 3.63) is 186 Å². The minimum atomic E-state index is -3.05. The summed E-state index contributed by atoms with van der Waals surface area (Å²) in [5.41, 5.74) is 3.52. The van der Waals surface area contributed by atoms with E-state index in [4.69, 9.17) is 56.1 Å². The van der Waals surface area contributed by atoms with E-state index < -0.39 is 102 Å². The lowest BCUT2D eigenvalue weighted by Gasteiger charge is -2.39. The molecule has 3 fully saturated rings. The molecule has 40 heteroatoms. The van der Waals surface area contributed by atoms with E-state index in [-0.39, 0.29) is 116 Å². The molecule has 5 unspecified atom stereocenters. The molecule has 3 saturated heterocycles. The normalized spacial score (nSPS) is 21.8. The molecule has 3 aromatic heterocycles. The summed E-state index contributed by atoms with van der Waals surface area (Å²) >= 11 is 20.7. The molecule has 115 heavy (non-hydrogen) atoms. The summed E-state index contributed by atoms with van der Waals surface area (Å²) in [5, 5.41) is 43.4. The van der Waals surface area contributed by atoms with Crippen molar-refractivity contribution in [1.82, 2.24) is 45.6 Å². The first-order valence-corrected chi connectivity index (χ1v) is 44.2. The number of thiazole rings is 3. The number of aliphatic carboxylic acids is 3. The highest BCUT2D eigenvalue weighted by atomic mass is 79.9. The second-order valence-electron chi connectivity index (χ2n) is 26.6. The van der Waals surface area contributed by atoms with Gasteiger partial charge >= 0.3 is 35.8 Å². The number of rotatable bonds is 30. The molecule has 0 aliphatic carbocycles. The zero-order valence-corrected chi connectivity index (χ0v) is 70.7. The molecule has 0 saturated carbocycles. The molecule has 6 aliphatic heterocycles. The average Bonchev–Trinajstić information content (AvgIpc) is 1.70. The van der Waals surface area contributed by atoms with E-state index in [1.807, 2.05) is 15.2 Å². The van der Waals surface area contributed by atoms with Gasteiger partial charge in [-0.1, -0.05) is 61.7 Å². The van der Waals surface area contributed by atoms with Crippen LogP contribution in [-0.2, 0) is 43.0 Å². The second-order valence-corrected chi connectivity index (χ2v) is 34.5. The van der Waals surface area contributed by atoms with E-state index in [1.54, 1.807) is 61.1 Å². The van der Waals surface area contributed by atoms with Crippen molar-refractivity contribution in [2.45, 2.75) is 76.4 Å². The minimum absolute atomic E-state index is 0.0154. The van der Waals surface area contributed by atoms with Crippen LogP contribution in [0.5, 0.6) is 0 Å². The number of carbonyl (C=O) groups excluding carboxylic acids is 3. The van der Waals surface area contributed by atoms with Crippen molar-refractivity contribution in [3.63, 3.8) is 0 Å². The Kier molecular flexibility index (Phi) is 33.6. The molecule has 0 amide bonds. The highest BCUT2D eigenvalue weighted by molar-refractivity contribution is 9.10. The zero-order chi connectivity index (χ0) is 82.6. The number of nitrogens with one attached hydrogen (secondary N) is 3. The number of likely N-dealkylation sites (tertiary alicyclic amines) is 3. The van der Waals surface area contributed by atoms with Gasteiger partial charge in [0.1, 0.15) is 47.9 Å². The maximum absolute atomic E-state index is 15.1. The summed E-state index contributed by atoms with van der Waals surface area (Å²) in [6.45, 7) is 7.07. The first-order chi connectivity index (χ1) is 55.1. The lowest BCUT2D eigenvalue weighted by molar-refractivity contribution is -0.140. The lowest BCUT2D eigenvalue weighted by atomic mass is 9.93. The molecule has 6 N–H and O–H groups in total. The monoisotopic (exact) mass is 1860 g/mol. The number of esters is 3. The quantitative estimate of drug-likeness (QED) is 0.0139. The number of amidine groups is 3. The van der Waals surface area contributed by atoms with Crippen LogP contribution in [0.4, 0.5) is 30.7 Å². The largest absolute Gasteiger partial charge is 0.481 e. The third-order valence-electron chi connectivity index (χ3n) is 18.7. The van der Waals surface area contributed by atoms with E-state index in [0.717, 1.165) is 11.8 Å². The summed E-state index contributed by atoms with van der Waals surface area (Å²) in [6, 6.07) is 9.58. The van der Waals surface area contributed by atoms with Gasteiger partial charge in [-0.15, -0.1) is 69.3 Å². The average molecular weight is 1860 g/mol. The molecule has 6 aliphatic rings. The standard InChI is InChI=1S/C25H26BrF3N4O4S2.C25H27BrF2N4O4S2.C25H27ClF2N4O4S2/c1-2-37-24(36)20-18(10-33-7-5-14(25(28,29)13-33)11-38-12-19(34)35)31-22(23-30-6-8-39-23)32-21(20)16-4-3-15(27)9-17(16)26;2*1-2-36-25(35)21-19(11-32-7-5-14(18(28)10-32)12-37-13-20(33)34)30-23(24-29-6-8-38-24)31-22(21)16-4-3-15(27)9-17(16)26/h3-4,6,8-9,14,21H,2,5,7,10-13H2,1H3,(H,31,32)(H,34,35);2*3-4,6,8-9,14,18,22H,2,5,7,10-13H2,1H3,(H,30,31)(H,33,34)/t14?,21-;2*14?,18?,22-/m000/s1. The van der Waals surface area contributed by atoms with E-state index >= 15 is 17.6 Å². The van der Waals surface area contributed by atoms with Crippen LogP contribution >= 0.6 is 113 Å². The van der Waals surface area contributed by atoms with Crippen LogP contribution < -0.4 is 16.0 Å². The van der Waals surface area contributed by atoms with Crippen LogP contribution in [0.15, 0.2) is 147 Å². The molecule has 3 aromatic carbocycles. The number of alkyl halides is 4. The highest BCUT2D eigenvalue weighted by Crippen LogP contribution is 2.43. The molecule has 0 radical (unpaired) electrons. The van der Waals surface area contributed by atoms with Crippen molar-refractivity contribution in [1.29, 1.82) is 0 Å². The topological polar surface area (TPSA) is 312 Å². The number of piperidine rings is 3. The Bertz CT molecular complexity index is 4450. The van der Waals surface area contributed by atoms with Crippen molar-refractivity contribution < 1.29 is 89.0 Å². The van der Waals surface area contributed by atoms with Gasteiger partial charge in [-0.2, -0.15) is 0 Å². The smallest absolute Gasteiger partial charge is 0.338 e. The number of carboxylic acids is 3. The number of hydrogen-bond donors (Lipinski definition) is 6. The Morgan fingerprint density at radius 1 is 0.530 bits per heavy atom. The Balaban J connectivity index is 0.000000182. The van der Waals surface area contributed by atoms with Gasteiger partial charge in [0.2, 0.25) is 0 Å². The first kappa shape index (κ1) is 90.0. The Morgan fingerprint density at radius 2 is 0.878 bits per heavy atom. The second kappa shape index (κ2) is 42.9. The van der Waals surface area contributed by atoms with Crippen LogP contribution in [0.3, 0.4) is 0 Å². The van der Waals surface area contributed by atoms with Crippen molar-refractivity contribution in [2.24, 2.45) is 32.7 Å². The number of carboxylic acid groups (broad SMARTS) is 3. The fraction of sp³-hybridized carbons (Fsp3) is 0.440. The number of aromatic nitrogens is 3. The number of carbonyl (C=O) groups is 6. The van der Waals surface area contributed by atoms with Gasteiger partial charge in [-0.25, -0.2) is 60.1 Å². The van der Waals surface area contributed by atoms with Gasteiger partial charge in [0.05, 0.1) is 60.3 Å². The Hall–Kier alpha value is -7.31. The molecule has 0 spiro atoms. The fourth-order valence-electron chi connectivity index (χ4n) is 13.3. The number of thioether (sulfide) groups is 3. The highest BCUT2D eigenvalue weighted by Gasteiger charge is 2.46. The van der Waals surface area contributed by atoms with Gasteiger partial charge in [0, 0.05) is 128 Å². The maximum Gasteiger partial charge on any atom is 0.338 e. The summed E-state index contributed by atoms with van der Waals surface area (Å²) in [7, 11) is 0. The summed E-state index contributed by atoms with van der Waals surface area (Å²) in [4.78, 5) is 105. The van der Waals surface area contributed by atoms with Crippen LogP contribution in [0.25, 0.3) is 0 Å². The molecule has 618 valence electrons. The number of halogens is 10. The SMILES string of the molecule is CCOC(=O)C1=C(CN2CCC(CSCC(=O)O)C(F)(F)C2)NC(c2nccs2)=N[C@H]1c1ccc(F)cc1Br.CCOC(=O)C1=C(CN2CCC(CSCC(=O)O)C(F)C2)NC(c2nccs2)=N[C@H]1c1ccc(F)cc1Br.CCOC(=O)C1=C(CN2CCC(CSCC(=O)O)C(F)C2)NC(c2nccs2)=N[C@H]1c1ccc(F)cc1Cl. The maximum atomic E-state index is 15.1. The van der Waals surface area contributed by atoms with Crippen molar-refractivity contribution >= 4 is 166 Å². The number of nitrogens with zero attached hydrogens (tertiary/aromatic N) is 9. The molecule has 9 heterocycles. The van der Waals surface area contributed by atoms with Crippen LogP contribution in [0, 0.1) is 35.2 Å². The molecule has 24 nitrogen and oxygen atoms in total. The first-order valence-electron chi connectivity index (χ1n) is 36.1. The third-order valence-corrected chi connectivity index (χ3v) is 26.1. The van der Waals surface area contributed by atoms with E-state index in [9.17, 15) is 41.9 Å².